The summed E-state index contributed by atoms with van der Waals surface area (Å²) in [5.74, 6) is 0.196. The molecule has 0 bridgehead atoms. The van der Waals surface area contributed by atoms with Gasteiger partial charge in [0.2, 0.25) is 5.72 Å². The molecule has 1 aliphatic heterocycles. The molecular formula is C22H27N5O5. The van der Waals surface area contributed by atoms with Gasteiger partial charge in [-0.3, -0.25) is 4.57 Å². The number of aliphatic hydroxyl groups is 3. The Labute approximate surface area is 184 Å². The second-order valence-electron chi connectivity index (χ2n) is 8.49. The largest absolute Gasteiger partial charge is 0.394 e. The molecule has 1 saturated heterocycles. The zero-order valence-electron chi connectivity index (χ0n) is 17.5. The van der Waals surface area contributed by atoms with Crippen molar-refractivity contribution in [3.63, 3.8) is 0 Å². The van der Waals surface area contributed by atoms with Crippen molar-refractivity contribution in [2.45, 2.75) is 61.9 Å². The number of aliphatic hydroxyl groups excluding tert-OH is 3. The van der Waals surface area contributed by atoms with Crippen molar-refractivity contribution < 1.29 is 24.8 Å². The maximum atomic E-state index is 11.4. The molecule has 1 aliphatic carbocycles. The van der Waals surface area contributed by atoms with Crippen molar-refractivity contribution >= 4 is 17.0 Å². The number of aromatic nitrogens is 4. The molecule has 2 aliphatic rings. The Balaban J connectivity index is 1.67. The fourth-order valence-corrected chi connectivity index (χ4v) is 5.19. The van der Waals surface area contributed by atoms with E-state index >= 15 is 0 Å². The van der Waals surface area contributed by atoms with Gasteiger partial charge in [0.15, 0.2) is 11.5 Å². The topological polar surface area (TPSA) is 149 Å². The lowest BCUT2D eigenvalue weighted by Gasteiger charge is -2.48. The number of nitrogen functional groups attached to an aromatic ring is 1. The Kier molecular flexibility index (Phi) is 5.34. The third-order valence-corrected chi connectivity index (χ3v) is 6.76. The van der Waals surface area contributed by atoms with Crippen molar-refractivity contribution in [3.8, 4) is 0 Å². The molecule has 0 unspecified atom stereocenters. The number of hydrogen-bond donors (Lipinski definition) is 4. The van der Waals surface area contributed by atoms with Gasteiger partial charge >= 0.3 is 0 Å². The van der Waals surface area contributed by atoms with E-state index in [-0.39, 0.29) is 5.82 Å². The van der Waals surface area contributed by atoms with Gasteiger partial charge in [-0.1, -0.05) is 43.2 Å². The third kappa shape index (κ3) is 3.02. The van der Waals surface area contributed by atoms with Gasteiger partial charge in [-0.25, -0.2) is 15.0 Å². The number of nitrogens with zero attached hydrogens (tertiary/aromatic N) is 4. The second kappa shape index (κ2) is 8.05. The molecule has 5 N–H and O–H groups in total. The number of fused-ring (bicyclic) bond motifs is 1. The van der Waals surface area contributed by atoms with Crippen LogP contribution in [0.15, 0.2) is 43.0 Å². The Hall–Kier alpha value is -2.63. The van der Waals surface area contributed by atoms with Crippen LogP contribution in [0.4, 0.5) is 5.82 Å². The van der Waals surface area contributed by atoms with Crippen LogP contribution in [-0.2, 0) is 21.8 Å². The molecular weight excluding hydrogens is 414 g/mol. The molecule has 5 rings (SSSR count). The van der Waals surface area contributed by atoms with Crippen LogP contribution in [0.5, 0.6) is 0 Å². The fraction of sp³-hybridized carbons (Fsp3) is 0.500. The number of benzene rings is 1. The van der Waals surface area contributed by atoms with Gasteiger partial charge < -0.3 is 30.5 Å². The summed E-state index contributed by atoms with van der Waals surface area (Å²) in [6, 6.07) is 9.74. The van der Waals surface area contributed by atoms with Crippen LogP contribution in [0, 0.1) is 0 Å². The highest BCUT2D eigenvalue weighted by Crippen LogP contribution is 2.54. The second-order valence-corrected chi connectivity index (χ2v) is 8.49. The molecule has 4 atom stereocenters. The molecule has 32 heavy (non-hydrogen) atoms. The lowest BCUT2D eigenvalue weighted by molar-refractivity contribution is -0.273. The standard InChI is InChI=1S/C22H27N5O5/c23-19-16-20(25-12-24-19)27(13-26-16)22(18(30)17(29)15(10-28)32-22)21(8-4-5-9-21)31-11-14-6-2-1-3-7-14/h1-3,6-7,12-13,15,17-18,28-30H,4-5,8-11H2,(H2,23,24,25)/t15-,17-,18-,22+/m1/s1. The predicted molar refractivity (Wildman–Crippen MR) is 114 cm³/mol. The average molecular weight is 441 g/mol. The first-order valence-electron chi connectivity index (χ1n) is 10.8. The summed E-state index contributed by atoms with van der Waals surface area (Å²) in [7, 11) is 0. The quantitative estimate of drug-likeness (QED) is 0.434. The summed E-state index contributed by atoms with van der Waals surface area (Å²) in [6.45, 7) is -0.166. The molecule has 2 fully saturated rings. The van der Waals surface area contributed by atoms with E-state index < -0.39 is 36.2 Å². The van der Waals surface area contributed by atoms with E-state index in [0.29, 0.717) is 30.6 Å². The van der Waals surface area contributed by atoms with E-state index in [0.717, 1.165) is 18.4 Å². The number of imidazole rings is 1. The van der Waals surface area contributed by atoms with E-state index in [4.69, 9.17) is 15.2 Å². The minimum absolute atomic E-state index is 0.196. The van der Waals surface area contributed by atoms with Crippen molar-refractivity contribution in [3.05, 3.63) is 48.5 Å². The summed E-state index contributed by atoms with van der Waals surface area (Å²) < 4.78 is 14.5. The summed E-state index contributed by atoms with van der Waals surface area (Å²) in [6.07, 6.45) is 1.96. The van der Waals surface area contributed by atoms with Crippen LogP contribution < -0.4 is 5.73 Å². The zero-order chi connectivity index (χ0) is 22.3. The Morgan fingerprint density at radius 3 is 2.56 bits per heavy atom. The van der Waals surface area contributed by atoms with Crippen LogP contribution >= 0.6 is 0 Å². The predicted octanol–water partition coefficient (Wildman–Crippen LogP) is 0.704. The van der Waals surface area contributed by atoms with Crippen LogP contribution in [0.2, 0.25) is 0 Å². The number of nitrogens with two attached hydrogens (primary N) is 1. The first-order chi connectivity index (χ1) is 15.5. The van der Waals surface area contributed by atoms with Crippen LogP contribution in [0.3, 0.4) is 0 Å². The van der Waals surface area contributed by atoms with Crippen molar-refractivity contribution in [1.82, 2.24) is 19.5 Å². The maximum absolute atomic E-state index is 11.4. The van der Waals surface area contributed by atoms with E-state index in [1.165, 1.54) is 12.7 Å². The van der Waals surface area contributed by atoms with Gasteiger partial charge in [-0.15, -0.1) is 0 Å². The van der Waals surface area contributed by atoms with Gasteiger partial charge in [-0.2, -0.15) is 0 Å². The lowest BCUT2D eigenvalue weighted by atomic mass is 9.82. The zero-order valence-corrected chi connectivity index (χ0v) is 17.5. The number of anilines is 1. The summed E-state index contributed by atoms with van der Waals surface area (Å²) >= 11 is 0. The molecule has 2 aromatic heterocycles. The van der Waals surface area contributed by atoms with Crippen LogP contribution in [-0.4, -0.2) is 65.4 Å². The molecule has 10 nitrogen and oxygen atoms in total. The number of rotatable bonds is 6. The normalized spacial score (nSPS) is 29.7. The minimum Gasteiger partial charge on any atom is -0.394 e. The van der Waals surface area contributed by atoms with Gasteiger partial charge in [0, 0.05) is 0 Å². The highest BCUT2D eigenvalue weighted by atomic mass is 16.6. The fourth-order valence-electron chi connectivity index (χ4n) is 5.19. The summed E-state index contributed by atoms with van der Waals surface area (Å²) in [5.41, 5.74) is 5.12. The smallest absolute Gasteiger partial charge is 0.205 e. The molecule has 10 heteroatoms. The van der Waals surface area contributed by atoms with Gasteiger partial charge in [-0.05, 0) is 18.4 Å². The monoisotopic (exact) mass is 441 g/mol. The van der Waals surface area contributed by atoms with E-state index in [2.05, 4.69) is 15.0 Å². The highest BCUT2D eigenvalue weighted by molar-refractivity contribution is 5.81. The summed E-state index contributed by atoms with van der Waals surface area (Å²) in [5, 5.41) is 32.1. The molecule has 170 valence electrons. The molecule has 0 radical (unpaired) electrons. The van der Waals surface area contributed by atoms with Crippen molar-refractivity contribution in [2.75, 3.05) is 12.3 Å². The molecule has 1 aromatic carbocycles. The van der Waals surface area contributed by atoms with E-state index in [1.54, 1.807) is 4.57 Å². The summed E-state index contributed by atoms with van der Waals surface area (Å²) in [4.78, 5) is 12.7. The first kappa shape index (κ1) is 21.2. The molecule has 3 heterocycles. The molecule has 0 spiro atoms. The minimum atomic E-state index is -1.57. The van der Waals surface area contributed by atoms with Crippen molar-refractivity contribution in [2.24, 2.45) is 0 Å². The number of hydrogen-bond acceptors (Lipinski definition) is 9. The number of ether oxygens (including phenoxy) is 2. The Bertz CT molecular complexity index is 1090. The molecule has 1 saturated carbocycles. The van der Waals surface area contributed by atoms with Crippen LogP contribution in [0.25, 0.3) is 11.2 Å². The van der Waals surface area contributed by atoms with E-state index in [9.17, 15) is 15.3 Å². The maximum Gasteiger partial charge on any atom is 0.205 e. The van der Waals surface area contributed by atoms with Crippen molar-refractivity contribution in [1.29, 1.82) is 0 Å². The SMILES string of the molecule is Nc1ncnc2c1ncn2[C@]1(C2(OCc3ccccc3)CCCC2)O[C@H](CO)[C@@H](O)[C@H]1O. The lowest BCUT2D eigenvalue weighted by Crippen LogP contribution is -2.62. The van der Waals surface area contributed by atoms with Gasteiger partial charge in [0.1, 0.15) is 35.8 Å². The van der Waals surface area contributed by atoms with Gasteiger partial charge in [0.25, 0.3) is 0 Å². The first-order valence-corrected chi connectivity index (χ1v) is 10.8. The van der Waals surface area contributed by atoms with E-state index in [1.807, 2.05) is 30.3 Å². The third-order valence-electron chi connectivity index (χ3n) is 6.76. The average Bonchev–Trinajstić information content (AvgIpc) is 3.53. The van der Waals surface area contributed by atoms with Gasteiger partial charge in [0.05, 0.1) is 19.5 Å². The molecule has 3 aromatic rings. The Morgan fingerprint density at radius 1 is 1.12 bits per heavy atom. The Morgan fingerprint density at radius 2 is 1.88 bits per heavy atom. The molecule has 0 amide bonds. The van der Waals surface area contributed by atoms with Crippen LogP contribution in [0.1, 0.15) is 31.2 Å². The highest BCUT2D eigenvalue weighted by Gasteiger charge is 2.68.